The van der Waals surface area contributed by atoms with E-state index in [1.807, 2.05) is 0 Å². The average Bonchev–Trinajstić information content (AvgIpc) is 2.87. The van der Waals surface area contributed by atoms with Gasteiger partial charge in [0.15, 0.2) is 0 Å². The Balaban J connectivity index is 1.99. The van der Waals surface area contributed by atoms with Crippen molar-refractivity contribution in [2.75, 3.05) is 0 Å². The Bertz CT molecular complexity index is 515. The normalized spacial score (nSPS) is 22.9. The average molecular weight is 295 g/mol. The predicted molar refractivity (Wildman–Crippen MR) is 76.7 cm³/mol. The molecule has 1 aromatic rings. The quantitative estimate of drug-likeness (QED) is 0.740. The molecule has 1 aromatic heterocycles. The molecule has 1 saturated carbocycles. The summed E-state index contributed by atoms with van der Waals surface area (Å²) in [6.45, 7) is 0. The van der Waals surface area contributed by atoms with Crippen LogP contribution in [0.25, 0.3) is 6.08 Å². The monoisotopic (exact) mass is 295 g/mol. The molecule has 1 aliphatic carbocycles. The summed E-state index contributed by atoms with van der Waals surface area (Å²) in [6.07, 6.45) is 5.17. The Hall–Kier alpha value is -1.66. The van der Waals surface area contributed by atoms with Crippen molar-refractivity contribution in [3.63, 3.8) is 0 Å². The predicted octanol–water partition coefficient (Wildman–Crippen LogP) is 1.88. The fourth-order valence-corrected chi connectivity index (χ4v) is 3.06. The lowest BCUT2D eigenvalue weighted by Crippen LogP contribution is -2.38. The van der Waals surface area contributed by atoms with Crippen molar-refractivity contribution in [2.45, 2.75) is 37.8 Å². The van der Waals surface area contributed by atoms with E-state index >= 15 is 0 Å². The van der Waals surface area contributed by atoms with Crippen molar-refractivity contribution < 1.29 is 19.8 Å². The first-order chi connectivity index (χ1) is 9.56. The summed E-state index contributed by atoms with van der Waals surface area (Å²) < 4.78 is 0. The number of nitrogens with one attached hydrogen (secondary N) is 1. The van der Waals surface area contributed by atoms with Crippen molar-refractivity contribution in [3.8, 4) is 0 Å². The molecule has 0 aliphatic heterocycles. The van der Waals surface area contributed by atoms with E-state index in [2.05, 4.69) is 5.32 Å². The Morgan fingerprint density at radius 3 is 2.65 bits per heavy atom. The highest BCUT2D eigenvalue weighted by molar-refractivity contribution is 7.12. The topological polar surface area (TPSA) is 86.6 Å². The minimum absolute atomic E-state index is 0.0873. The highest BCUT2D eigenvalue weighted by Crippen LogP contribution is 2.21. The number of carboxylic acid groups (broad SMARTS) is 1. The van der Waals surface area contributed by atoms with E-state index in [1.165, 1.54) is 17.4 Å². The molecular weight excluding hydrogens is 278 g/mol. The molecule has 3 N–H and O–H groups in total. The number of aliphatic carboxylic acids is 1. The van der Waals surface area contributed by atoms with E-state index in [1.54, 1.807) is 11.4 Å². The summed E-state index contributed by atoms with van der Waals surface area (Å²) in [5, 5.41) is 22.8. The summed E-state index contributed by atoms with van der Waals surface area (Å²) in [4.78, 5) is 23.2. The molecule has 0 saturated heterocycles. The van der Waals surface area contributed by atoms with Gasteiger partial charge in [-0.2, -0.15) is 0 Å². The van der Waals surface area contributed by atoms with Gasteiger partial charge < -0.3 is 15.5 Å². The van der Waals surface area contributed by atoms with E-state index in [9.17, 15) is 14.7 Å². The van der Waals surface area contributed by atoms with Gasteiger partial charge in [-0.3, -0.25) is 4.79 Å². The van der Waals surface area contributed by atoms with Crippen molar-refractivity contribution in [1.29, 1.82) is 0 Å². The molecule has 108 valence electrons. The molecule has 0 radical (unpaired) electrons. The van der Waals surface area contributed by atoms with Gasteiger partial charge in [-0.25, -0.2) is 4.79 Å². The first kappa shape index (κ1) is 14.7. The lowest BCUT2D eigenvalue weighted by molar-refractivity contribution is -0.131. The molecule has 5 nitrogen and oxygen atoms in total. The Kier molecular flexibility index (Phi) is 4.92. The van der Waals surface area contributed by atoms with Gasteiger partial charge in [-0.15, -0.1) is 11.3 Å². The molecule has 0 spiro atoms. The van der Waals surface area contributed by atoms with Crippen LogP contribution in [0.1, 0.15) is 40.9 Å². The van der Waals surface area contributed by atoms with Crippen LogP contribution in [-0.4, -0.2) is 34.2 Å². The molecular formula is C14H17NO4S. The summed E-state index contributed by atoms with van der Waals surface area (Å²) >= 11 is 1.29. The minimum atomic E-state index is -1.04. The molecule has 1 aliphatic rings. The molecule has 0 atom stereocenters. The highest BCUT2D eigenvalue weighted by Gasteiger charge is 2.22. The molecule has 1 heterocycles. The van der Waals surface area contributed by atoms with Gasteiger partial charge in [0.1, 0.15) is 0 Å². The first-order valence-electron chi connectivity index (χ1n) is 6.53. The number of hydrogen-bond acceptors (Lipinski definition) is 4. The van der Waals surface area contributed by atoms with Crippen molar-refractivity contribution in [1.82, 2.24) is 5.32 Å². The van der Waals surface area contributed by atoms with E-state index in [-0.39, 0.29) is 18.1 Å². The standard InChI is InChI=1S/C14H17NO4S/c16-11-4-2-10(3-5-11)15-14(19)13-9(7-8-20-13)1-6-12(17)18/h1,6-8,10-11,16H,2-5H2,(H,15,19)(H,17,18)/b6-1+. The summed E-state index contributed by atoms with van der Waals surface area (Å²) in [5.41, 5.74) is 0.616. The fraction of sp³-hybridized carbons (Fsp3) is 0.429. The second-order valence-corrected chi connectivity index (χ2v) is 5.77. The second-order valence-electron chi connectivity index (χ2n) is 4.86. The SMILES string of the molecule is O=C(O)/C=C/c1ccsc1C(=O)NC1CCC(O)CC1. The molecule has 1 amide bonds. The van der Waals surface area contributed by atoms with Gasteiger partial charge >= 0.3 is 5.97 Å². The van der Waals surface area contributed by atoms with Crippen molar-refractivity contribution in [3.05, 3.63) is 28.0 Å². The molecule has 0 unspecified atom stereocenters. The molecule has 0 aromatic carbocycles. The number of carbonyl (C=O) groups is 2. The third-order valence-corrected chi connectivity index (χ3v) is 4.27. The Morgan fingerprint density at radius 2 is 2.00 bits per heavy atom. The first-order valence-corrected chi connectivity index (χ1v) is 7.41. The van der Waals surface area contributed by atoms with Gasteiger partial charge in [0, 0.05) is 12.1 Å². The van der Waals surface area contributed by atoms with E-state index in [4.69, 9.17) is 5.11 Å². The Labute approximate surface area is 120 Å². The molecule has 0 bridgehead atoms. The van der Waals surface area contributed by atoms with Crippen molar-refractivity contribution in [2.24, 2.45) is 0 Å². The van der Waals surface area contributed by atoms with Crippen LogP contribution in [0, 0.1) is 0 Å². The van der Waals surface area contributed by atoms with Crippen LogP contribution in [0.2, 0.25) is 0 Å². The van der Waals surface area contributed by atoms with Crippen LogP contribution in [0.3, 0.4) is 0 Å². The van der Waals surface area contributed by atoms with E-state index in [0.717, 1.165) is 18.9 Å². The van der Waals surface area contributed by atoms with Crippen LogP contribution >= 0.6 is 11.3 Å². The fourth-order valence-electron chi connectivity index (χ4n) is 2.27. The van der Waals surface area contributed by atoms with Gasteiger partial charge in [-0.05, 0) is 48.8 Å². The van der Waals surface area contributed by atoms with Crippen LogP contribution < -0.4 is 5.32 Å². The minimum Gasteiger partial charge on any atom is -0.478 e. The van der Waals surface area contributed by atoms with Gasteiger partial charge in [0.05, 0.1) is 11.0 Å². The maximum atomic E-state index is 12.2. The van der Waals surface area contributed by atoms with Crippen molar-refractivity contribution >= 4 is 29.3 Å². The lowest BCUT2D eigenvalue weighted by atomic mass is 9.93. The van der Waals surface area contributed by atoms with E-state index < -0.39 is 5.97 Å². The number of carboxylic acids is 1. The third-order valence-electron chi connectivity index (χ3n) is 3.34. The number of aliphatic hydroxyl groups is 1. The number of aliphatic hydroxyl groups excluding tert-OH is 1. The van der Waals surface area contributed by atoms with Crippen LogP contribution in [0.15, 0.2) is 17.5 Å². The van der Waals surface area contributed by atoms with E-state index in [0.29, 0.717) is 23.3 Å². The second kappa shape index (κ2) is 6.67. The summed E-state index contributed by atoms with van der Waals surface area (Å²) in [6, 6.07) is 1.81. The molecule has 20 heavy (non-hydrogen) atoms. The Morgan fingerprint density at radius 1 is 1.30 bits per heavy atom. The van der Waals surface area contributed by atoms with Gasteiger partial charge in [-0.1, -0.05) is 0 Å². The molecule has 2 rings (SSSR count). The smallest absolute Gasteiger partial charge is 0.328 e. The number of carbonyl (C=O) groups excluding carboxylic acids is 1. The van der Waals surface area contributed by atoms with Crippen LogP contribution in [-0.2, 0) is 4.79 Å². The largest absolute Gasteiger partial charge is 0.478 e. The van der Waals surface area contributed by atoms with Gasteiger partial charge in [0.2, 0.25) is 0 Å². The number of thiophene rings is 1. The summed E-state index contributed by atoms with van der Waals surface area (Å²) in [5.74, 6) is -1.21. The maximum absolute atomic E-state index is 12.2. The van der Waals surface area contributed by atoms with Gasteiger partial charge in [0.25, 0.3) is 5.91 Å². The van der Waals surface area contributed by atoms with Crippen LogP contribution in [0.5, 0.6) is 0 Å². The molecule has 6 heteroatoms. The number of rotatable bonds is 4. The summed E-state index contributed by atoms with van der Waals surface area (Å²) in [7, 11) is 0. The zero-order valence-corrected chi connectivity index (χ0v) is 11.7. The molecule has 1 fully saturated rings. The number of hydrogen-bond donors (Lipinski definition) is 3. The highest BCUT2D eigenvalue weighted by atomic mass is 32.1. The third kappa shape index (κ3) is 3.91. The van der Waals surface area contributed by atoms with Crippen LogP contribution in [0.4, 0.5) is 0 Å². The zero-order chi connectivity index (χ0) is 14.5. The zero-order valence-electron chi connectivity index (χ0n) is 10.9. The maximum Gasteiger partial charge on any atom is 0.328 e. The lowest BCUT2D eigenvalue weighted by Gasteiger charge is -2.26. The number of amides is 1.